The van der Waals surface area contributed by atoms with Crippen LogP contribution in [0.2, 0.25) is 0 Å². The Bertz CT molecular complexity index is 1210. The molecule has 0 aliphatic carbocycles. The maximum atomic E-state index is 12.6. The summed E-state index contributed by atoms with van der Waals surface area (Å²) in [4.78, 5) is 12.6. The van der Waals surface area contributed by atoms with Gasteiger partial charge in [-0.25, -0.2) is 9.36 Å². The molecule has 9 heteroatoms. The van der Waals surface area contributed by atoms with E-state index in [2.05, 4.69) is 34.6 Å². The van der Waals surface area contributed by atoms with Gasteiger partial charge >= 0.3 is 0 Å². The number of carbonyl (C=O) groups is 1. The average Bonchev–Trinajstić information content (AvgIpc) is 3.39. The first kappa shape index (κ1) is 21.5. The fraction of sp³-hybridized carbons (Fsp3) is 0.182. The van der Waals surface area contributed by atoms with Gasteiger partial charge in [-0.1, -0.05) is 60.4 Å². The molecule has 158 valence electrons. The second-order valence-electron chi connectivity index (χ2n) is 6.76. The number of amides is 1. The number of anilines is 1. The zero-order valence-corrected chi connectivity index (χ0v) is 19.3. The van der Waals surface area contributed by atoms with Gasteiger partial charge in [0, 0.05) is 23.9 Å². The van der Waals surface area contributed by atoms with Gasteiger partial charge in [-0.05, 0) is 48.5 Å². The molecular weight excluding hydrogens is 446 g/mol. The molecule has 0 spiro atoms. The van der Waals surface area contributed by atoms with E-state index in [0.29, 0.717) is 15.3 Å². The van der Waals surface area contributed by atoms with Crippen molar-refractivity contribution in [3.63, 3.8) is 0 Å². The number of nitrogens with one attached hydrogen (secondary N) is 1. The smallest absolute Gasteiger partial charge is 0.256 e. The Balaban J connectivity index is 1.44. The Kier molecular flexibility index (Phi) is 6.96. The van der Waals surface area contributed by atoms with Gasteiger partial charge in [0.15, 0.2) is 8.29 Å². The third-order valence-corrected chi connectivity index (χ3v) is 6.94. The molecule has 0 saturated heterocycles. The lowest BCUT2D eigenvalue weighted by Gasteiger charge is -2.08. The maximum Gasteiger partial charge on any atom is 0.256 e. The molecule has 0 saturated carbocycles. The molecule has 0 fully saturated rings. The van der Waals surface area contributed by atoms with E-state index in [1.165, 1.54) is 16.9 Å². The summed E-state index contributed by atoms with van der Waals surface area (Å²) in [5, 5.41) is 11.8. The first-order chi connectivity index (χ1) is 15.1. The van der Waals surface area contributed by atoms with Crippen molar-refractivity contribution in [2.75, 3.05) is 5.32 Å². The second kappa shape index (κ2) is 10.0. The Morgan fingerprint density at radius 1 is 1.13 bits per heavy atom. The molecule has 6 nitrogen and oxygen atoms in total. The lowest BCUT2D eigenvalue weighted by molar-refractivity contribution is 0.102. The SMILES string of the molecule is CCCn1nccc1NC(=O)c1ccc(-n2nc(SCc3ccccc3)sc2=S)cc1. The van der Waals surface area contributed by atoms with Crippen molar-refractivity contribution in [2.24, 2.45) is 0 Å². The molecular formula is C22H21N5OS3. The molecule has 1 N–H and O–H groups in total. The summed E-state index contributed by atoms with van der Waals surface area (Å²) in [5.41, 5.74) is 2.64. The first-order valence-corrected chi connectivity index (χ1v) is 12.1. The van der Waals surface area contributed by atoms with Crippen LogP contribution in [0.25, 0.3) is 5.69 Å². The predicted octanol–water partition coefficient (Wildman–Crippen LogP) is 5.81. The molecule has 4 aromatic rings. The van der Waals surface area contributed by atoms with Gasteiger partial charge in [-0.3, -0.25) is 4.79 Å². The maximum absolute atomic E-state index is 12.6. The van der Waals surface area contributed by atoms with E-state index in [-0.39, 0.29) is 5.91 Å². The van der Waals surface area contributed by atoms with Gasteiger partial charge in [0.05, 0.1) is 11.9 Å². The van der Waals surface area contributed by atoms with Gasteiger partial charge in [0.25, 0.3) is 5.91 Å². The van der Waals surface area contributed by atoms with Crippen LogP contribution in [0.5, 0.6) is 0 Å². The van der Waals surface area contributed by atoms with Crippen LogP contribution in [-0.2, 0) is 12.3 Å². The van der Waals surface area contributed by atoms with Crippen LogP contribution < -0.4 is 5.32 Å². The lowest BCUT2D eigenvalue weighted by Crippen LogP contribution is -2.15. The van der Waals surface area contributed by atoms with Crippen LogP contribution >= 0.6 is 35.3 Å². The average molecular weight is 468 g/mol. The van der Waals surface area contributed by atoms with Crippen LogP contribution in [0.4, 0.5) is 5.82 Å². The van der Waals surface area contributed by atoms with Crippen molar-refractivity contribution < 1.29 is 4.79 Å². The molecule has 31 heavy (non-hydrogen) atoms. The van der Waals surface area contributed by atoms with E-state index in [9.17, 15) is 4.79 Å². The highest BCUT2D eigenvalue weighted by Gasteiger charge is 2.11. The van der Waals surface area contributed by atoms with Crippen molar-refractivity contribution in [3.8, 4) is 5.69 Å². The van der Waals surface area contributed by atoms with E-state index < -0.39 is 0 Å². The topological polar surface area (TPSA) is 64.7 Å². The van der Waals surface area contributed by atoms with Crippen molar-refractivity contribution in [3.05, 3.63) is 81.9 Å². The minimum Gasteiger partial charge on any atom is -0.307 e. The van der Waals surface area contributed by atoms with E-state index in [0.717, 1.165) is 28.7 Å². The van der Waals surface area contributed by atoms with Gasteiger partial charge < -0.3 is 5.32 Å². The highest BCUT2D eigenvalue weighted by atomic mass is 32.2. The molecule has 0 atom stereocenters. The van der Waals surface area contributed by atoms with Crippen molar-refractivity contribution in [1.29, 1.82) is 0 Å². The van der Waals surface area contributed by atoms with Gasteiger partial charge in [0.2, 0.25) is 0 Å². The number of nitrogens with zero attached hydrogens (tertiary/aromatic N) is 4. The molecule has 0 aliphatic rings. The number of thioether (sulfide) groups is 1. The van der Waals surface area contributed by atoms with E-state index in [1.807, 2.05) is 30.3 Å². The predicted molar refractivity (Wildman–Crippen MR) is 129 cm³/mol. The molecule has 1 amide bonds. The number of rotatable bonds is 8. The largest absolute Gasteiger partial charge is 0.307 e. The molecule has 0 aliphatic heterocycles. The number of aryl methyl sites for hydroxylation is 1. The van der Waals surface area contributed by atoms with Crippen molar-refractivity contribution in [1.82, 2.24) is 19.6 Å². The van der Waals surface area contributed by atoms with Gasteiger partial charge in [-0.2, -0.15) is 5.10 Å². The fourth-order valence-corrected chi connectivity index (χ4v) is 5.29. The number of hydrogen-bond donors (Lipinski definition) is 1. The van der Waals surface area contributed by atoms with E-state index >= 15 is 0 Å². The third kappa shape index (κ3) is 5.30. The Morgan fingerprint density at radius 3 is 2.65 bits per heavy atom. The number of aromatic nitrogens is 4. The summed E-state index contributed by atoms with van der Waals surface area (Å²) >= 11 is 8.66. The Hall–Kier alpha value is -2.75. The fourth-order valence-electron chi connectivity index (χ4n) is 2.97. The van der Waals surface area contributed by atoms with E-state index in [4.69, 9.17) is 12.2 Å². The van der Waals surface area contributed by atoms with E-state index in [1.54, 1.807) is 45.5 Å². The van der Waals surface area contributed by atoms with Gasteiger partial charge in [-0.15, -0.1) is 5.10 Å². The van der Waals surface area contributed by atoms with Crippen LogP contribution in [0.1, 0.15) is 29.3 Å². The standard InChI is InChI=1S/C22H21N5OS3/c1-2-14-26-19(12-13-23-26)24-20(28)17-8-10-18(11-9-17)27-22(29)31-21(25-27)30-15-16-6-4-3-5-7-16/h3-13H,2,14-15H2,1H3,(H,24,28). The summed E-state index contributed by atoms with van der Waals surface area (Å²) in [7, 11) is 0. The lowest BCUT2D eigenvalue weighted by atomic mass is 10.2. The molecule has 0 radical (unpaired) electrons. The van der Waals surface area contributed by atoms with Crippen molar-refractivity contribution in [2.45, 2.75) is 30.0 Å². The van der Waals surface area contributed by atoms with Crippen molar-refractivity contribution >= 4 is 47.0 Å². The summed E-state index contributed by atoms with van der Waals surface area (Å²) in [6.45, 7) is 2.83. The molecule has 2 aromatic heterocycles. The minimum absolute atomic E-state index is 0.176. The number of carbonyl (C=O) groups excluding carboxylic acids is 1. The van der Waals surface area contributed by atoms with Gasteiger partial charge in [0.1, 0.15) is 5.82 Å². The summed E-state index contributed by atoms with van der Waals surface area (Å²) in [6, 6.07) is 19.4. The van der Waals surface area contributed by atoms with Crippen LogP contribution in [-0.4, -0.2) is 25.5 Å². The third-order valence-electron chi connectivity index (χ3n) is 4.50. The van der Waals surface area contributed by atoms with Crippen LogP contribution in [0, 0.1) is 3.95 Å². The second-order valence-corrected chi connectivity index (χ2v) is 9.61. The summed E-state index contributed by atoms with van der Waals surface area (Å²) in [5.74, 6) is 1.36. The number of benzene rings is 2. The number of hydrogen-bond acceptors (Lipinski definition) is 6. The zero-order valence-electron chi connectivity index (χ0n) is 16.9. The highest BCUT2D eigenvalue weighted by Crippen LogP contribution is 2.27. The van der Waals surface area contributed by atoms with Crippen LogP contribution in [0.3, 0.4) is 0 Å². The summed E-state index contributed by atoms with van der Waals surface area (Å²) < 4.78 is 5.12. The first-order valence-electron chi connectivity index (χ1n) is 9.84. The minimum atomic E-state index is -0.176. The molecule has 2 aromatic carbocycles. The zero-order chi connectivity index (χ0) is 21.6. The van der Waals surface area contributed by atoms with Crippen LogP contribution in [0.15, 0.2) is 71.2 Å². The summed E-state index contributed by atoms with van der Waals surface area (Å²) in [6.07, 6.45) is 2.63. The monoisotopic (exact) mass is 467 g/mol. The molecule has 4 rings (SSSR count). The molecule has 2 heterocycles. The quantitative estimate of drug-likeness (QED) is 0.261. The molecule has 0 bridgehead atoms. The highest BCUT2D eigenvalue weighted by molar-refractivity contribution is 8.00. The Morgan fingerprint density at radius 2 is 1.90 bits per heavy atom. The Labute approximate surface area is 193 Å². The normalized spacial score (nSPS) is 10.9. The molecule has 0 unspecified atom stereocenters.